The van der Waals surface area contributed by atoms with E-state index in [-0.39, 0.29) is 24.2 Å². The van der Waals surface area contributed by atoms with Crippen molar-refractivity contribution in [3.05, 3.63) is 45.0 Å². The monoisotopic (exact) mass is 519 g/mol. The van der Waals surface area contributed by atoms with Crippen molar-refractivity contribution >= 4 is 33.8 Å². The van der Waals surface area contributed by atoms with Gasteiger partial charge in [-0.05, 0) is 62.8 Å². The predicted octanol–water partition coefficient (Wildman–Crippen LogP) is 4.43. The van der Waals surface area contributed by atoms with Crippen LogP contribution in [0.25, 0.3) is 6.08 Å². The molecule has 0 spiro atoms. The first-order valence-electron chi connectivity index (χ1n) is 11.7. The number of amides is 2. The number of imide groups is 1. The van der Waals surface area contributed by atoms with E-state index in [1.807, 2.05) is 32.9 Å². The van der Waals surface area contributed by atoms with Gasteiger partial charge in [-0.1, -0.05) is 47.0 Å². The summed E-state index contributed by atoms with van der Waals surface area (Å²) < 4.78 is 0.868. The van der Waals surface area contributed by atoms with E-state index in [4.69, 9.17) is 0 Å². The fourth-order valence-electron chi connectivity index (χ4n) is 5.31. The van der Waals surface area contributed by atoms with E-state index in [1.165, 1.54) is 4.90 Å². The van der Waals surface area contributed by atoms with Crippen molar-refractivity contribution in [2.75, 3.05) is 13.2 Å². The van der Waals surface area contributed by atoms with Crippen molar-refractivity contribution in [3.63, 3.8) is 0 Å². The number of carbonyl (C=O) groups is 2. The lowest BCUT2D eigenvalue weighted by Gasteiger charge is -2.36. The molecule has 1 heterocycles. The quantitative estimate of drug-likeness (QED) is 0.331. The molecule has 3 N–H and O–H groups in total. The summed E-state index contributed by atoms with van der Waals surface area (Å²) in [6, 6.07) is 5.23. The molecule has 1 fully saturated rings. The van der Waals surface area contributed by atoms with E-state index in [9.17, 15) is 24.9 Å². The number of aliphatic hydroxyl groups is 2. The third kappa shape index (κ3) is 5.26. The average Bonchev–Trinajstić information content (AvgIpc) is 3.03. The van der Waals surface area contributed by atoms with Gasteiger partial charge in [0.05, 0.1) is 24.5 Å². The van der Waals surface area contributed by atoms with E-state index in [1.54, 1.807) is 12.1 Å². The van der Waals surface area contributed by atoms with Crippen LogP contribution in [0.3, 0.4) is 0 Å². The number of rotatable bonds is 9. The number of likely N-dealkylation sites (tertiary alicyclic amines) is 1. The minimum atomic E-state index is -0.805. The van der Waals surface area contributed by atoms with Gasteiger partial charge in [0, 0.05) is 22.5 Å². The lowest BCUT2D eigenvalue weighted by molar-refractivity contribution is -0.140. The number of allylic oxidation sites excluding steroid dienone is 2. The molecule has 6 nitrogen and oxygen atoms in total. The lowest BCUT2D eigenvalue weighted by atomic mass is 9.67. The molecule has 180 valence electrons. The summed E-state index contributed by atoms with van der Waals surface area (Å²) in [5, 5.41) is 31.5. The molecule has 1 saturated heterocycles. The number of nitrogens with zero attached hydrogens (tertiary/aromatic N) is 1. The summed E-state index contributed by atoms with van der Waals surface area (Å²) in [5.74, 6) is -1.74. The van der Waals surface area contributed by atoms with Crippen LogP contribution in [0.4, 0.5) is 0 Å². The normalized spacial score (nSPS) is 24.5. The van der Waals surface area contributed by atoms with Crippen molar-refractivity contribution < 1.29 is 24.9 Å². The summed E-state index contributed by atoms with van der Waals surface area (Å²) >= 11 is 3.41. The molecule has 4 atom stereocenters. The number of halogens is 1. The fraction of sp³-hybridized carbons (Fsp3) is 0.538. The third-order valence-electron chi connectivity index (χ3n) is 6.91. The summed E-state index contributed by atoms with van der Waals surface area (Å²) in [7, 11) is 0. The molecule has 1 aliphatic heterocycles. The van der Waals surface area contributed by atoms with Crippen molar-refractivity contribution in [1.82, 2.24) is 4.90 Å². The van der Waals surface area contributed by atoms with Crippen LogP contribution in [0.15, 0.2) is 39.4 Å². The van der Waals surface area contributed by atoms with E-state index < -0.39 is 23.9 Å². The van der Waals surface area contributed by atoms with E-state index >= 15 is 0 Å². The molecule has 33 heavy (non-hydrogen) atoms. The summed E-state index contributed by atoms with van der Waals surface area (Å²) in [4.78, 5) is 27.3. The number of phenolic OH excluding ortho intramolecular Hbond substituents is 1. The van der Waals surface area contributed by atoms with Crippen LogP contribution in [-0.4, -0.2) is 51.3 Å². The van der Waals surface area contributed by atoms with Gasteiger partial charge < -0.3 is 15.3 Å². The van der Waals surface area contributed by atoms with Crippen LogP contribution in [0, 0.1) is 17.8 Å². The number of benzene rings is 1. The third-order valence-corrected chi connectivity index (χ3v) is 7.40. The molecule has 1 aromatic carbocycles. The van der Waals surface area contributed by atoms with Crippen LogP contribution in [0.1, 0.15) is 58.4 Å². The van der Waals surface area contributed by atoms with Gasteiger partial charge in [0.1, 0.15) is 5.75 Å². The highest BCUT2D eigenvalue weighted by atomic mass is 79.9. The molecular weight excluding hydrogens is 486 g/mol. The van der Waals surface area contributed by atoms with Gasteiger partial charge in [-0.3, -0.25) is 14.5 Å². The van der Waals surface area contributed by atoms with Crippen molar-refractivity contribution in [2.24, 2.45) is 17.8 Å². The molecule has 2 amide bonds. The Morgan fingerprint density at radius 3 is 2.64 bits per heavy atom. The molecule has 0 saturated carbocycles. The lowest BCUT2D eigenvalue weighted by Crippen LogP contribution is -2.39. The minimum absolute atomic E-state index is 0.141. The molecule has 1 aliphatic carbocycles. The first-order chi connectivity index (χ1) is 15.7. The van der Waals surface area contributed by atoms with E-state index in [0.717, 1.165) is 21.2 Å². The molecule has 0 unspecified atom stereocenters. The molecular formula is C26H34BrNO5. The maximum atomic E-state index is 13.1. The zero-order valence-electron chi connectivity index (χ0n) is 19.6. The average molecular weight is 520 g/mol. The Labute approximate surface area is 204 Å². The predicted molar refractivity (Wildman–Crippen MR) is 131 cm³/mol. The van der Waals surface area contributed by atoms with Crippen LogP contribution < -0.4 is 0 Å². The first-order valence-corrected chi connectivity index (χ1v) is 12.5. The summed E-state index contributed by atoms with van der Waals surface area (Å²) in [5.41, 5.74) is 3.41. The Kier molecular flexibility index (Phi) is 8.54. The Hall–Kier alpha value is -1.96. The van der Waals surface area contributed by atoms with E-state index in [2.05, 4.69) is 15.9 Å². The Bertz CT molecular complexity index is 969. The minimum Gasteiger partial charge on any atom is -0.507 e. The standard InChI is InChI=1S/C26H34BrNO5/c1-4-10-28-25(32)19-13-16(5-2)23(20(14-29)24(19)26(28)33)22(31)8-6-15(3)11-17-12-18(27)7-9-21(17)30/h7,9,11-12,19-20,22,24,29-31H,4-6,8,10,13-14H2,1-3H3/b15-11+/t19-,20+,22-,24-/m1/s1. The molecule has 7 heteroatoms. The zero-order chi connectivity index (χ0) is 24.3. The number of hydrogen-bond acceptors (Lipinski definition) is 5. The van der Waals surface area contributed by atoms with Crippen molar-refractivity contribution in [3.8, 4) is 5.75 Å². The SMILES string of the molecule is CCCN1C(=O)[C@@H]2[C@@H](CC(CC)=C([C@H](O)CC/C(C)=C/c3cc(Br)ccc3O)[C@@H]2CO)C1=O. The fourth-order valence-corrected chi connectivity index (χ4v) is 5.68. The number of hydrogen-bond donors (Lipinski definition) is 3. The molecule has 3 rings (SSSR count). The maximum absolute atomic E-state index is 13.1. The van der Waals surface area contributed by atoms with Crippen LogP contribution in [0.5, 0.6) is 5.75 Å². The van der Waals surface area contributed by atoms with Gasteiger partial charge in [-0.2, -0.15) is 0 Å². The highest BCUT2D eigenvalue weighted by Crippen LogP contribution is 2.47. The van der Waals surface area contributed by atoms with Crippen LogP contribution in [-0.2, 0) is 9.59 Å². The van der Waals surface area contributed by atoms with Crippen LogP contribution >= 0.6 is 15.9 Å². The van der Waals surface area contributed by atoms with Gasteiger partial charge >= 0.3 is 0 Å². The number of carbonyl (C=O) groups excluding carboxylic acids is 2. The second-order valence-electron chi connectivity index (χ2n) is 9.11. The van der Waals surface area contributed by atoms with Gasteiger partial charge in [-0.25, -0.2) is 0 Å². The number of aromatic hydroxyl groups is 1. The number of aliphatic hydroxyl groups excluding tert-OH is 2. The molecule has 0 bridgehead atoms. The Balaban J connectivity index is 1.81. The maximum Gasteiger partial charge on any atom is 0.233 e. The molecule has 0 radical (unpaired) electrons. The first kappa shape index (κ1) is 25.7. The Morgan fingerprint density at radius 1 is 1.27 bits per heavy atom. The molecule has 2 aliphatic rings. The smallest absolute Gasteiger partial charge is 0.233 e. The van der Waals surface area contributed by atoms with Gasteiger partial charge in [0.2, 0.25) is 11.8 Å². The van der Waals surface area contributed by atoms with Crippen molar-refractivity contribution in [2.45, 2.75) is 59.0 Å². The van der Waals surface area contributed by atoms with Crippen molar-refractivity contribution in [1.29, 1.82) is 0 Å². The molecule has 1 aromatic rings. The highest BCUT2D eigenvalue weighted by molar-refractivity contribution is 9.10. The van der Waals surface area contributed by atoms with Crippen LogP contribution in [0.2, 0.25) is 0 Å². The topological polar surface area (TPSA) is 98.1 Å². The summed E-state index contributed by atoms with van der Waals surface area (Å²) in [6.07, 6.45) is 3.95. The largest absolute Gasteiger partial charge is 0.507 e. The summed E-state index contributed by atoms with van der Waals surface area (Å²) in [6.45, 7) is 6.00. The number of fused-ring (bicyclic) bond motifs is 1. The second-order valence-corrected chi connectivity index (χ2v) is 10.0. The Morgan fingerprint density at radius 2 is 2.00 bits per heavy atom. The van der Waals surface area contributed by atoms with Gasteiger partial charge in [-0.15, -0.1) is 0 Å². The number of phenols is 1. The van der Waals surface area contributed by atoms with Gasteiger partial charge in [0.15, 0.2) is 0 Å². The van der Waals surface area contributed by atoms with Gasteiger partial charge in [0.25, 0.3) is 0 Å². The molecule has 0 aromatic heterocycles. The van der Waals surface area contributed by atoms with E-state index in [0.29, 0.717) is 44.2 Å². The highest BCUT2D eigenvalue weighted by Gasteiger charge is 2.54. The second kappa shape index (κ2) is 11.0. The zero-order valence-corrected chi connectivity index (χ0v) is 21.1.